The lowest BCUT2D eigenvalue weighted by molar-refractivity contribution is -0.0721. The van der Waals surface area contributed by atoms with E-state index in [1.54, 1.807) is 16.9 Å². The van der Waals surface area contributed by atoms with Crippen molar-refractivity contribution in [1.82, 2.24) is 9.78 Å². The molecule has 1 aliphatic heterocycles. The first kappa shape index (κ1) is 12.1. The Bertz CT molecular complexity index is 559. The number of hydrogen-bond acceptors (Lipinski definition) is 4. The molecule has 5 nitrogen and oxygen atoms in total. The summed E-state index contributed by atoms with van der Waals surface area (Å²) in [4.78, 5) is 12.4. The van der Waals surface area contributed by atoms with E-state index in [9.17, 15) is 4.79 Å². The molecule has 0 saturated carbocycles. The molecule has 0 aliphatic carbocycles. The molecular weight excluding hydrogens is 244 g/mol. The summed E-state index contributed by atoms with van der Waals surface area (Å²) in [5, 5.41) is 4.20. The van der Waals surface area contributed by atoms with E-state index in [0.717, 1.165) is 5.69 Å². The predicted molar refractivity (Wildman–Crippen MR) is 68.5 cm³/mol. The summed E-state index contributed by atoms with van der Waals surface area (Å²) in [5.41, 5.74) is 1.37. The quantitative estimate of drug-likeness (QED) is 0.782. The summed E-state index contributed by atoms with van der Waals surface area (Å²) in [7, 11) is 0. The lowest BCUT2D eigenvalue weighted by Gasteiger charge is -2.21. The molecule has 1 aromatic heterocycles. The van der Waals surface area contributed by atoms with Gasteiger partial charge in [0.1, 0.15) is 11.8 Å². The maximum Gasteiger partial charge on any atom is 0.212 e. The number of ketones is 1. The number of Topliss-reactive ketones (excluding diaryl/α,β-unsaturated/α-hetero) is 1. The van der Waals surface area contributed by atoms with Gasteiger partial charge in [-0.2, -0.15) is 5.10 Å². The summed E-state index contributed by atoms with van der Waals surface area (Å²) in [6.45, 7) is 1.30. The maximum absolute atomic E-state index is 12.4. The van der Waals surface area contributed by atoms with Crippen molar-refractivity contribution >= 4 is 5.78 Å². The minimum atomic E-state index is -0.534. The number of carbonyl (C=O) groups excluding carboxylic acids is 1. The van der Waals surface area contributed by atoms with Gasteiger partial charge >= 0.3 is 0 Å². The zero-order valence-electron chi connectivity index (χ0n) is 10.4. The Balaban J connectivity index is 1.89. The zero-order chi connectivity index (χ0) is 13.1. The van der Waals surface area contributed by atoms with Gasteiger partial charge in [0.25, 0.3) is 0 Å². The molecule has 1 aromatic carbocycles. The van der Waals surface area contributed by atoms with Crippen LogP contribution in [0.3, 0.4) is 0 Å². The van der Waals surface area contributed by atoms with Crippen LogP contribution in [0.2, 0.25) is 0 Å². The molecule has 1 fully saturated rings. The number of carbonyl (C=O) groups is 1. The Kier molecular flexibility index (Phi) is 3.39. The molecule has 2 heterocycles. The number of nitrogens with zero attached hydrogens (tertiary/aromatic N) is 2. The SMILES string of the molecule is O=C(c1ccnn1-c1ccccc1)C1COCCO1. The van der Waals surface area contributed by atoms with Crippen molar-refractivity contribution in [2.45, 2.75) is 6.10 Å². The average Bonchev–Trinajstić information content (AvgIpc) is 2.98. The van der Waals surface area contributed by atoms with Gasteiger partial charge in [-0.05, 0) is 18.2 Å². The molecule has 19 heavy (non-hydrogen) atoms. The summed E-state index contributed by atoms with van der Waals surface area (Å²) in [5.74, 6) is -0.0962. The number of hydrogen-bond donors (Lipinski definition) is 0. The maximum atomic E-state index is 12.4. The van der Waals surface area contributed by atoms with Gasteiger partial charge in [0, 0.05) is 0 Å². The van der Waals surface area contributed by atoms with E-state index in [2.05, 4.69) is 5.10 Å². The summed E-state index contributed by atoms with van der Waals surface area (Å²) < 4.78 is 12.3. The van der Waals surface area contributed by atoms with Gasteiger partial charge in [-0.1, -0.05) is 18.2 Å². The molecule has 0 N–H and O–H groups in total. The van der Waals surface area contributed by atoms with Crippen LogP contribution in [0.1, 0.15) is 10.5 Å². The van der Waals surface area contributed by atoms with E-state index in [4.69, 9.17) is 9.47 Å². The molecule has 5 heteroatoms. The molecule has 0 spiro atoms. The number of ether oxygens (including phenoxy) is 2. The first-order valence-electron chi connectivity index (χ1n) is 6.19. The fourth-order valence-electron chi connectivity index (χ4n) is 2.07. The van der Waals surface area contributed by atoms with Crippen molar-refractivity contribution in [3.63, 3.8) is 0 Å². The van der Waals surface area contributed by atoms with E-state index < -0.39 is 6.10 Å². The van der Waals surface area contributed by atoms with Crippen molar-refractivity contribution in [2.75, 3.05) is 19.8 Å². The molecule has 1 saturated heterocycles. The number of rotatable bonds is 3. The van der Waals surface area contributed by atoms with Crippen molar-refractivity contribution in [2.24, 2.45) is 0 Å². The third-order valence-electron chi connectivity index (χ3n) is 3.00. The highest BCUT2D eigenvalue weighted by molar-refractivity contribution is 5.98. The first-order chi connectivity index (χ1) is 9.36. The summed E-state index contributed by atoms with van der Waals surface area (Å²) in [6, 6.07) is 11.3. The van der Waals surface area contributed by atoms with Crippen molar-refractivity contribution in [3.8, 4) is 5.69 Å². The Morgan fingerprint density at radius 3 is 2.79 bits per heavy atom. The molecule has 3 rings (SSSR count). The van der Waals surface area contributed by atoms with Crippen LogP contribution >= 0.6 is 0 Å². The topological polar surface area (TPSA) is 53.4 Å². The molecule has 1 aliphatic rings. The average molecular weight is 258 g/mol. The fourth-order valence-corrected chi connectivity index (χ4v) is 2.07. The monoisotopic (exact) mass is 258 g/mol. The summed E-state index contributed by atoms with van der Waals surface area (Å²) >= 11 is 0. The molecule has 1 unspecified atom stereocenters. The number of benzene rings is 1. The van der Waals surface area contributed by atoms with Crippen LogP contribution in [-0.2, 0) is 9.47 Å². The smallest absolute Gasteiger partial charge is 0.212 e. The fraction of sp³-hybridized carbons (Fsp3) is 0.286. The van der Waals surface area contributed by atoms with Gasteiger partial charge in [-0.25, -0.2) is 4.68 Å². The predicted octanol–water partition coefficient (Wildman–Crippen LogP) is 1.47. The number of aromatic nitrogens is 2. The van der Waals surface area contributed by atoms with E-state index in [0.29, 0.717) is 25.5 Å². The Morgan fingerprint density at radius 2 is 2.05 bits per heavy atom. The van der Waals surface area contributed by atoms with Crippen LogP contribution in [0.5, 0.6) is 0 Å². The number of para-hydroxylation sites is 1. The van der Waals surface area contributed by atoms with Crippen LogP contribution in [0, 0.1) is 0 Å². The highest BCUT2D eigenvalue weighted by Gasteiger charge is 2.26. The Hall–Kier alpha value is -1.98. The van der Waals surface area contributed by atoms with Crippen LogP contribution in [0.25, 0.3) is 5.69 Å². The minimum Gasteiger partial charge on any atom is -0.376 e. The molecule has 98 valence electrons. The van der Waals surface area contributed by atoms with Crippen LogP contribution in [0.4, 0.5) is 0 Å². The van der Waals surface area contributed by atoms with Gasteiger partial charge in [-0.3, -0.25) is 4.79 Å². The van der Waals surface area contributed by atoms with E-state index in [1.807, 2.05) is 30.3 Å². The van der Waals surface area contributed by atoms with Gasteiger partial charge in [0.15, 0.2) is 0 Å². The largest absolute Gasteiger partial charge is 0.376 e. The summed E-state index contributed by atoms with van der Waals surface area (Å²) in [6.07, 6.45) is 1.08. The molecule has 0 radical (unpaired) electrons. The minimum absolute atomic E-state index is 0.0962. The van der Waals surface area contributed by atoms with Gasteiger partial charge < -0.3 is 9.47 Å². The van der Waals surface area contributed by atoms with E-state index >= 15 is 0 Å². The lowest BCUT2D eigenvalue weighted by atomic mass is 10.1. The van der Waals surface area contributed by atoms with Gasteiger partial charge in [-0.15, -0.1) is 0 Å². The molecular formula is C14H14N2O3. The van der Waals surface area contributed by atoms with Crippen LogP contribution < -0.4 is 0 Å². The van der Waals surface area contributed by atoms with Gasteiger partial charge in [0.2, 0.25) is 5.78 Å². The van der Waals surface area contributed by atoms with Crippen molar-refractivity contribution in [1.29, 1.82) is 0 Å². The Morgan fingerprint density at radius 1 is 1.21 bits per heavy atom. The highest BCUT2D eigenvalue weighted by atomic mass is 16.6. The lowest BCUT2D eigenvalue weighted by Crippen LogP contribution is -2.36. The van der Waals surface area contributed by atoms with Crippen LogP contribution in [-0.4, -0.2) is 41.5 Å². The second-order valence-corrected chi connectivity index (χ2v) is 4.26. The second kappa shape index (κ2) is 5.34. The Labute approximate surface area is 110 Å². The standard InChI is InChI=1S/C14H14N2O3/c17-14(13-10-18-8-9-19-13)12-6-7-15-16(12)11-4-2-1-3-5-11/h1-7,13H,8-10H2. The molecule has 2 aromatic rings. The van der Waals surface area contributed by atoms with Crippen molar-refractivity contribution in [3.05, 3.63) is 48.3 Å². The second-order valence-electron chi connectivity index (χ2n) is 4.26. The van der Waals surface area contributed by atoms with E-state index in [1.165, 1.54) is 0 Å². The normalized spacial score (nSPS) is 19.3. The van der Waals surface area contributed by atoms with Crippen LogP contribution in [0.15, 0.2) is 42.6 Å². The third-order valence-corrected chi connectivity index (χ3v) is 3.00. The van der Waals surface area contributed by atoms with Gasteiger partial charge in [0.05, 0.1) is 31.7 Å². The highest BCUT2D eigenvalue weighted by Crippen LogP contribution is 2.14. The zero-order valence-corrected chi connectivity index (χ0v) is 10.4. The molecule has 0 amide bonds. The van der Waals surface area contributed by atoms with Crippen molar-refractivity contribution < 1.29 is 14.3 Å². The molecule has 1 atom stereocenters. The van der Waals surface area contributed by atoms with E-state index in [-0.39, 0.29) is 5.78 Å². The first-order valence-corrected chi connectivity index (χ1v) is 6.19. The molecule has 0 bridgehead atoms. The third kappa shape index (κ3) is 2.43.